The number of aliphatic hydroxyl groups excluding tert-OH is 1. The molecule has 0 spiro atoms. The van der Waals surface area contributed by atoms with Crippen molar-refractivity contribution in [3.05, 3.63) is 96.3 Å². The lowest BCUT2D eigenvalue weighted by molar-refractivity contribution is 0.281. The predicted molar refractivity (Wildman–Crippen MR) is 101 cm³/mol. The molecule has 0 unspecified atom stereocenters. The van der Waals surface area contributed by atoms with Gasteiger partial charge in [0, 0.05) is 23.5 Å². The zero-order valence-electron chi connectivity index (χ0n) is 14.5. The normalized spacial score (nSPS) is 11.1. The van der Waals surface area contributed by atoms with Crippen molar-refractivity contribution < 1.29 is 13.9 Å². The molecule has 2 heterocycles. The topological polar surface area (TPSA) is 30.1 Å². The number of aromatic nitrogens is 2. The molecule has 0 aliphatic heterocycles. The molecule has 0 amide bonds. The molecule has 2 aromatic carbocycles. The summed E-state index contributed by atoms with van der Waals surface area (Å²) < 4.78 is 32.3. The van der Waals surface area contributed by atoms with Crippen molar-refractivity contribution in [1.82, 2.24) is 9.13 Å². The molecule has 3 nitrogen and oxygen atoms in total. The summed E-state index contributed by atoms with van der Waals surface area (Å²) in [7, 11) is 0. The van der Waals surface area contributed by atoms with Gasteiger partial charge in [-0.05, 0) is 48.0 Å². The van der Waals surface area contributed by atoms with Crippen molar-refractivity contribution in [3.63, 3.8) is 0 Å². The molecule has 27 heavy (non-hydrogen) atoms. The molecule has 0 atom stereocenters. The fourth-order valence-corrected chi connectivity index (χ4v) is 3.29. The van der Waals surface area contributed by atoms with Crippen LogP contribution in [0, 0.1) is 11.6 Å². The Morgan fingerprint density at radius 3 is 2.00 bits per heavy atom. The van der Waals surface area contributed by atoms with Crippen LogP contribution in [0.15, 0.2) is 79.1 Å². The average molecular weight is 364 g/mol. The minimum absolute atomic E-state index is 0.139. The smallest absolute Gasteiger partial charge is 0.132 e. The van der Waals surface area contributed by atoms with Gasteiger partial charge >= 0.3 is 0 Å². The van der Waals surface area contributed by atoms with E-state index in [0.29, 0.717) is 29.1 Å². The first-order valence-electron chi connectivity index (χ1n) is 8.62. The Morgan fingerprint density at radius 1 is 0.741 bits per heavy atom. The Kier molecular flexibility index (Phi) is 4.60. The minimum atomic E-state index is -0.330. The molecule has 0 bridgehead atoms. The van der Waals surface area contributed by atoms with Crippen molar-refractivity contribution in [2.45, 2.75) is 13.3 Å². The van der Waals surface area contributed by atoms with E-state index in [1.54, 1.807) is 48.7 Å². The van der Waals surface area contributed by atoms with Gasteiger partial charge in [0.2, 0.25) is 0 Å². The Morgan fingerprint density at radius 2 is 1.37 bits per heavy atom. The van der Waals surface area contributed by atoms with Crippen LogP contribution in [0.1, 0.15) is 5.56 Å². The van der Waals surface area contributed by atoms with Gasteiger partial charge in [0.25, 0.3) is 0 Å². The lowest BCUT2D eigenvalue weighted by Crippen LogP contribution is -2.09. The number of hydrogen-bond donors (Lipinski definition) is 1. The molecule has 5 heteroatoms. The van der Waals surface area contributed by atoms with E-state index < -0.39 is 0 Å². The monoisotopic (exact) mass is 364 g/mol. The van der Waals surface area contributed by atoms with Crippen LogP contribution in [0.5, 0.6) is 0 Å². The number of aliphatic hydroxyl groups is 1. The van der Waals surface area contributed by atoms with Crippen LogP contribution in [0.4, 0.5) is 8.78 Å². The Hall–Kier alpha value is -3.18. The predicted octanol–water partition coefficient (Wildman–Crippen LogP) is 4.90. The van der Waals surface area contributed by atoms with E-state index in [0.717, 1.165) is 5.69 Å². The van der Waals surface area contributed by atoms with Crippen molar-refractivity contribution in [1.29, 1.82) is 0 Å². The number of halogens is 2. The summed E-state index contributed by atoms with van der Waals surface area (Å²) >= 11 is 0. The van der Waals surface area contributed by atoms with Gasteiger partial charge in [-0.1, -0.05) is 24.3 Å². The van der Waals surface area contributed by atoms with E-state index >= 15 is 0 Å². The Bertz CT molecular complexity index is 1080. The van der Waals surface area contributed by atoms with Gasteiger partial charge in [-0.25, -0.2) is 8.78 Å². The van der Waals surface area contributed by atoms with Gasteiger partial charge in [0.05, 0.1) is 24.7 Å². The highest BCUT2D eigenvalue weighted by molar-refractivity contribution is 5.63. The number of hydrogen-bond acceptors (Lipinski definition) is 1. The minimum Gasteiger partial charge on any atom is -0.392 e. The van der Waals surface area contributed by atoms with E-state index in [4.69, 9.17) is 0 Å². The Labute approximate surface area is 155 Å². The first-order valence-corrected chi connectivity index (χ1v) is 8.62. The molecule has 1 N–H and O–H groups in total. The second-order valence-electron chi connectivity index (χ2n) is 6.33. The number of nitrogens with zero attached hydrogens (tertiary/aromatic N) is 2. The lowest BCUT2D eigenvalue weighted by Gasteiger charge is -2.14. The lowest BCUT2D eigenvalue weighted by atomic mass is 10.1. The largest absolute Gasteiger partial charge is 0.392 e. The third-order valence-corrected chi connectivity index (χ3v) is 4.57. The van der Waals surface area contributed by atoms with Crippen molar-refractivity contribution in [3.8, 4) is 22.5 Å². The highest BCUT2D eigenvalue weighted by atomic mass is 19.1. The first kappa shape index (κ1) is 17.2. The second kappa shape index (κ2) is 7.21. The van der Waals surface area contributed by atoms with Gasteiger partial charge < -0.3 is 14.2 Å². The highest BCUT2D eigenvalue weighted by Gasteiger charge is 2.14. The van der Waals surface area contributed by atoms with Crippen LogP contribution < -0.4 is 0 Å². The van der Waals surface area contributed by atoms with Crippen LogP contribution in [0.2, 0.25) is 0 Å². The zero-order chi connectivity index (χ0) is 18.8. The molecular formula is C22H18F2N2O. The molecule has 0 aliphatic carbocycles. The third-order valence-electron chi connectivity index (χ3n) is 4.57. The standard InChI is InChI=1S/C22H18F2N2O/c23-19-8-3-1-6-17(19)21-10-5-11-25(21)15-26-13-16(14-27)12-22(26)18-7-2-4-9-20(18)24/h1-13,27H,14-15H2. The molecule has 4 aromatic rings. The van der Waals surface area contributed by atoms with Crippen LogP contribution >= 0.6 is 0 Å². The maximum Gasteiger partial charge on any atom is 0.132 e. The summed E-state index contributed by atoms with van der Waals surface area (Å²) in [5, 5.41) is 9.52. The summed E-state index contributed by atoms with van der Waals surface area (Å²) in [6.45, 7) is 0.223. The number of rotatable bonds is 5. The summed E-state index contributed by atoms with van der Waals surface area (Å²) in [6.07, 6.45) is 3.64. The quantitative estimate of drug-likeness (QED) is 0.536. The first-order chi connectivity index (χ1) is 13.2. The van der Waals surface area contributed by atoms with E-state index in [1.807, 2.05) is 27.5 Å². The number of benzene rings is 2. The van der Waals surface area contributed by atoms with Crippen LogP contribution in [-0.4, -0.2) is 14.2 Å². The van der Waals surface area contributed by atoms with Crippen molar-refractivity contribution in [2.75, 3.05) is 0 Å². The van der Waals surface area contributed by atoms with E-state index in [-0.39, 0.29) is 18.2 Å². The zero-order valence-corrected chi connectivity index (χ0v) is 14.5. The maximum atomic E-state index is 14.3. The molecule has 0 radical (unpaired) electrons. The van der Waals surface area contributed by atoms with Crippen LogP contribution in [-0.2, 0) is 13.3 Å². The molecule has 0 saturated heterocycles. The summed E-state index contributed by atoms with van der Waals surface area (Å²) in [5.41, 5.74) is 3.03. The fraction of sp³-hybridized carbons (Fsp3) is 0.0909. The molecular weight excluding hydrogens is 346 g/mol. The molecule has 136 valence electrons. The van der Waals surface area contributed by atoms with Crippen LogP contribution in [0.25, 0.3) is 22.5 Å². The van der Waals surface area contributed by atoms with Gasteiger partial charge in [-0.2, -0.15) is 0 Å². The molecule has 0 saturated carbocycles. The van der Waals surface area contributed by atoms with Crippen molar-refractivity contribution in [2.24, 2.45) is 0 Å². The highest BCUT2D eigenvalue weighted by Crippen LogP contribution is 2.28. The SMILES string of the molecule is OCc1cc(-c2ccccc2F)n(Cn2cccc2-c2ccccc2F)c1. The van der Waals surface area contributed by atoms with Gasteiger partial charge in [0.15, 0.2) is 0 Å². The summed E-state index contributed by atoms with van der Waals surface area (Å²) in [6, 6.07) is 18.6. The van der Waals surface area contributed by atoms with Crippen molar-refractivity contribution >= 4 is 0 Å². The molecule has 4 rings (SSSR count). The fourth-order valence-electron chi connectivity index (χ4n) is 3.29. The third kappa shape index (κ3) is 3.29. The van der Waals surface area contributed by atoms with Gasteiger partial charge in [-0.15, -0.1) is 0 Å². The summed E-state index contributed by atoms with van der Waals surface area (Å²) in [5.74, 6) is -0.626. The molecule has 2 aromatic heterocycles. The van der Waals surface area contributed by atoms with E-state index in [9.17, 15) is 13.9 Å². The van der Waals surface area contributed by atoms with Gasteiger partial charge in [-0.3, -0.25) is 0 Å². The molecule has 0 fully saturated rings. The average Bonchev–Trinajstić information content (AvgIpc) is 3.30. The van der Waals surface area contributed by atoms with E-state index in [1.165, 1.54) is 12.1 Å². The van der Waals surface area contributed by atoms with Gasteiger partial charge in [0.1, 0.15) is 11.6 Å². The summed E-state index contributed by atoms with van der Waals surface area (Å²) in [4.78, 5) is 0. The maximum absolute atomic E-state index is 14.3. The Balaban J connectivity index is 1.77. The van der Waals surface area contributed by atoms with E-state index in [2.05, 4.69) is 0 Å². The second-order valence-corrected chi connectivity index (χ2v) is 6.33. The van der Waals surface area contributed by atoms with Crippen LogP contribution in [0.3, 0.4) is 0 Å². The molecule has 0 aliphatic rings.